The quantitative estimate of drug-likeness (QED) is 0.445. The number of benzene rings is 2. The number of carbonyl (C=O) groups excluding carboxylic acids is 2. The molecule has 1 aliphatic rings. The Morgan fingerprint density at radius 1 is 1.10 bits per heavy atom. The lowest BCUT2D eigenvalue weighted by Gasteiger charge is -2.43. The molecule has 2 heterocycles. The van der Waals surface area contributed by atoms with Crippen molar-refractivity contribution in [3.05, 3.63) is 81.0 Å². The molecule has 1 aromatic heterocycles. The van der Waals surface area contributed by atoms with Crippen LogP contribution in [0.2, 0.25) is 5.02 Å². The lowest BCUT2D eigenvalue weighted by molar-refractivity contribution is -0.118. The zero-order chi connectivity index (χ0) is 22.1. The van der Waals surface area contributed by atoms with Crippen LogP contribution < -0.4 is 9.80 Å². The highest BCUT2D eigenvalue weighted by Gasteiger charge is 2.38. The van der Waals surface area contributed by atoms with Gasteiger partial charge < -0.3 is 9.80 Å². The van der Waals surface area contributed by atoms with Crippen molar-refractivity contribution in [1.29, 1.82) is 0 Å². The highest BCUT2D eigenvalue weighted by atomic mass is 35.5. The van der Waals surface area contributed by atoms with Crippen molar-refractivity contribution >= 4 is 46.1 Å². The Kier molecular flexibility index (Phi) is 6.17. The molecule has 0 fully saturated rings. The van der Waals surface area contributed by atoms with Crippen molar-refractivity contribution in [2.75, 3.05) is 9.80 Å². The number of para-hydroxylation sites is 1. The lowest BCUT2D eigenvalue weighted by atomic mass is 9.89. The number of hydrogen-bond acceptors (Lipinski definition) is 3. The van der Waals surface area contributed by atoms with Gasteiger partial charge >= 0.3 is 0 Å². The molecule has 6 heteroatoms. The second-order valence-corrected chi connectivity index (χ2v) is 9.56. The van der Waals surface area contributed by atoms with Gasteiger partial charge in [0.25, 0.3) is 5.91 Å². The molecule has 0 spiro atoms. The summed E-state index contributed by atoms with van der Waals surface area (Å²) in [5, 5.41) is 0.632. The summed E-state index contributed by atoms with van der Waals surface area (Å²) >= 11 is 7.60. The minimum atomic E-state index is -0.158. The van der Waals surface area contributed by atoms with E-state index in [-0.39, 0.29) is 23.9 Å². The highest BCUT2D eigenvalue weighted by Crippen LogP contribution is 2.43. The number of aryl methyl sites for hydroxylation is 1. The van der Waals surface area contributed by atoms with Gasteiger partial charge in [0, 0.05) is 33.7 Å². The zero-order valence-corrected chi connectivity index (χ0v) is 19.4. The second kappa shape index (κ2) is 8.85. The monoisotopic (exact) mass is 452 g/mol. The van der Waals surface area contributed by atoms with Gasteiger partial charge in [0.2, 0.25) is 5.91 Å². The summed E-state index contributed by atoms with van der Waals surface area (Å²) in [5.74, 6) is 0.0549. The number of fused-ring (bicyclic) bond motifs is 1. The Bertz CT molecular complexity index is 1110. The minimum absolute atomic E-state index is 0.0105. The first kappa shape index (κ1) is 21.6. The normalized spacial score (nSPS) is 17.9. The van der Waals surface area contributed by atoms with E-state index in [1.807, 2.05) is 72.2 Å². The molecular weight excluding hydrogens is 428 g/mol. The summed E-state index contributed by atoms with van der Waals surface area (Å²) in [5.41, 5.74) is 2.67. The van der Waals surface area contributed by atoms with Gasteiger partial charge in [-0.3, -0.25) is 9.59 Å². The van der Waals surface area contributed by atoms with Gasteiger partial charge in [-0.15, -0.1) is 11.3 Å². The van der Waals surface area contributed by atoms with Crippen molar-refractivity contribution in [2.24, 2.45) is 0 Å². The summed E-state index contributed by atoms with van der Waals surface area (Å²) in [6, 6.07) is 18.9. The van der Waals surface area contributed by atoms with E-state index in [9.17, 15) is 9.59 Å². The molecule has 0 N–H and O–H groups in total. The van der Waals surface area contributed by atoms with Gasteiger partial charge in [0.1, 0.15) is 0 Å². The predicted molar refractivity (Wildman–Crippen MR) is 128 cm³/mol. The first-order chi connectivity index (χ1) is 14.9. The highest BCUT2D eigenvalue weighted by molar-refractivity contribution is 7.14. The average Bonchev–Trinajstić information content (AvgIpc) is 3.21. The predicted octanol–water partition coefficient (Wildman–Crippen LogP) is 6.63. The Morgan fingerprint density at radius 3 is 2.45 bits per heavy atom. The number of halogens is 1. The van der Waals surface area contributed by atoms with E-state index < -0.39 is 0 Å². The van der Waals surface area contributed by atoms with Gasteiger partial charge in [0.05, 0.1) is 10.9 Å². The number of carbonyl (C=O) groups is 2. The summed E-state index contributed by atoms with van der Waals surface area (Å²) in [4.78, 5) is 32.1. The molecule has 2 unspecified atom stereocenters. The van der Waals surface area contributed by atoms with Gasteiger partial charge in [0.15, 0.2) is 0 Å². The van der Waals surface area contributed by atoms with Crippen LogP contribution in [0.3, 0.4) is 0 Å². The fourth-order valence-electron chi connectivity index (χ4n) is 4.27. The largest absolute Gasteiger partial charge is 0.305 e. The van der Waals surface area contributed by atoms with E-state index in [2.05, 4.69) is 6.92 Å². The molecule has 0 radical (unpaired) electrons. The maximum Gasteiger partial charge on any atom is 0.268 e. The molecule has 0 bridgehead atoms. The Hall–Kier alpha value is -2.63. The second-order valence-electron chi connectivity index (χ2n) is 7.84. The minimum Gasteiger partial charge on any atom is -0.305 e. The van der Waals surface area contributed by atoms with Crippen molar-refractivity contribution in [1.82, 2.24) is 0 Å². The first-order valence-electron chi connectivity index (χ1n) is 10.5. The number of hydrogen-bond donors (Lipinski definition) is 0. The van der Waals surface area contributed by atoms with Crippen LogP contribution in [0.5, 0.6) is 0 Å². The van der Waals surface area contributed by atoms with Crippen molar-refractivity contribution < 1.29 is 9.59 Å². The third-order valence-electron chi connectivity index (χ3n) is 5.72. The van der Waals surface area contributed by atoms with Crippen molar-refractivity contribution in [2.45, 2.75) is 45.7 Å². The summed E-state index contributed by atoms with van der Waals surface area (Å²) in [7, 11) is 0. The lowest BCUT2D eigenvalue weighted by Crippen LogP contribution is -2.47. The molecule has 4 rings (SSSR count). The molecule has 2 amide bonds. The maximum atomic E-state index is 13.4. The number of amides is 2. The SMILES string of the molecule is CCC(=O)N(c1ccc(Cl)cc1)C1CC(C)N(C(=O)c2ccc(C)s2)c2ccccc21. The fraction of sp³-hybridized carbons (Fsp3) is 0.280. The van der Waals surface area contributed by atoms with Crippen molar-refractivity contribution in [3.63, 3.8) is 0 Å². The van der Waals surface area contributed by atoms with Gasteiger partial charge in [-0.1, -0.05) is 36.7 Å². The third kappa shape index (κ3) is 4.12. The topological polar surface area (TPSA) is 40.6 Å². The number of rotatable bonds is 4. The van der Waals surface area contributed by atoms with Gasteiger partial charge in [-0.05, 0) is 68.3 Å². The van der Waals surface area contributed by atoms with E-state index in [0.717, 1.165) is 26.7 Å². The van der Waals surface area contributed by atoms with Crippen LogP contribution in [-0.4, -0.2) is 17.9 Å². The van der Waals surface area contributed by atoms with Crippen LogP contribution in [-0.2, 0) is 4.79 Å². The molecule has 1 aliphatic heterocycles. The number of thiophene rings is 1. The standard InChI is InChI=1S/C25H25ClN2O2S/c1-4-24(29)28(19-12-10-18(26)11-13-19)22-15-16(2)27(21-8-6-5-7-20(21)22)25(30)23-14-9-17(3)31-23/h5-14,16,22H,4,15H2,1-3H3. The smallest absolute Gasteiger partial charge is 0.268 e. The fourth-order valence-corrected chi connectivity index (χ4v) is 5.20. The van der Waals surface area contributed by atoms with Gasteiger partial charge in [-0.25, -0.2) is 0 Å². The summed E-state index contributed by atoms with van der Waals surface area (Å²) in [6.45, 7) is 5.93. The Labute approximate surface area is 192 Å². The number of nitrogens with zero attached hydrogens (tertiary/aromatic N) is 2. The molecule has 0 aliphatic carbocycles. The molecule has 2 atom stereocenters. The third-order valence-corrected chi connectivity index (χ3v) is 6.96. The number of anilines is 2. The Morgan fingerprint density at radius 2 is 1.81 bits per heavy atom. The molecular formula is C25H25ClN2O2S. The Balaban J connectivity index is 1.79. The maximum absolute atomic E-state index is 13.4. The molecule has 0 saturated carbocycles. The molecule has 3 aromatic rings. The van der Waals surface area contributed by atoms with Crippen LogP contribution >= 0.6 is 22.9 Å². The molecule has 2 aromatic carbocycles. The molecule has 4 nitrogen and oxygen atoms in total. The van der Waals surface area contributed by atoms with Gasteiger partial charge in [-0.2, -0.15) is 0 Å². The van der Waals surface area contributed by atoms with Crippen LogP contribution in [0.1, 0.15) is 52.8 Å². The summed E-state index contributed by atoms with van der Waals surface area (Å²) < 4.78 is 0. The molecule has 31 heavy (non-hydrogen) atoms. The average molecular weight is 453 g/mol. The van der Waals surface area contributed by atoms with Crippen LogP contribution in [0.15, 0.2) is 60.7 Å². The van der Waals surface area contributed by atoms with E-state index >= 15 is 0 Å². The van der Waals surface area contributed by atoms with E-state index in [4.69, 9.17) is 11.6 Å². The van der Waals surface area contributed by atoms with Crippen molar-refractivity contribution in [3.8, 4) is 0 Å². The summed E-state index contributed by atoms with van der Waals surface area (Å²) in [6.07, 6.45) is 1.05. The molecule has 0 saturated heterocycles. The van der Waals surface area contributed by atoms with Crippen LogP contribution in [0.25, 0.3) is 0 Å². The zero-order valence-electron chi connectivity index (χ0n) is 17.8. The van der Waals surface area contributed by atoms with E-state index in [1.165, 1.54) is 11.3 Å². The first-order valence-corrected chi connectivity index (χ1v) is 11.7. The molecule has 160 valence electrons. The van der Waals surface area contributed by atoms with E-state index in [0.29, 0.717) is 17.9 Å². The van der Waals surface area contributed by atoms with E-state index in [1.54, 1.807) is 12.1 Å². The van der Waals surface area contributed by atoms with Crippen LogP contribution in [0, 0.1) is 6.92 Å². The van der Waals surface area contributed by atoms with Crippen LogP contribution in [0.4, 0.5) is 11.4 Å².